The fourth-order valence-corrected chi connectivity index (χ4v) is 10.2. The number of fused-ring (bicyclic) bond motifs is 5. The lowest BCUT2D eigenvalue weighted by atomic mass is 9.47. The average Bonchev–Trinajstić information content (AvgIpc) is 3.20. The first kappa shape index (κ1) is 28.7. The van der Waals surface area contributed by atoms with Crippen molar-refractivity contribution in [2.45, 2.75) is 118 Å². The molecule has 4 rings (SSSR count). The molecule has 0 saturated heterocycles. The predicted molar refractivity (Wildman–Crippen MR) is 151 cm³/mol. The van der Waals surface area contributed by atoms with Crippen LogP contribution >= 0.6 is 0 Å². The van der Waals surface area contributed by atoms with Crippen LogP contribution in [0.4, 0.5) is 0 Å². The number of ether oxygens (including phenoxy) is 1. The third-order valence-corrected chi connectivity index (χ3v) is 12.7. The number of allylic oxidation sites excluding steroid dienone is 1. The van der Waals surface area contributed by atoms with E-state index in [0.717, 1.165) is 54.6 Å². The second kappa shape index (κ2) is 12.2. The van der Waals surface area contributed by atoms with E-state index < -0.39 is 11.2 Å². The molecule has 206 valence electrons. The first-order valence-electron chi connectivity index (χ1n) is 15.3. The van der Waals surface area contributed by atoms with Crippen molar-refractivity contribution in [1.82, 2.24) is 0 Å². The van der Waals surface area contributed by atoms with Gasteiger partial charge in [0, 0.05) is 6.42 Å². The zero-order valence-corrected chi connectivity index (χ0v) is 24.8. The Morgan fingerprint density at radius 2 is 1.89 bits per heavy atom. The van der Waals surface area contributed by atoms with Crippen LogP contribution in [-0.2, 0) is 20.7 Å². The molecule has 1 unspecified atom stereocenters. The van der Waals surface area contributed by atoms with Crippen molar-refractivity contribution in [2.24, 2.45) is 46.3 Å². The average molecular weight is 519 g/mol. The van der Waals surface area contributed by atoms with E-state index in [2.05, 4.69) is 40.7 Å². The van der Waals surface area contributed by atoms with Crippen LogP contribution in [0.1, 0.15) is 112 Å². The minimum atomic E-state index is -0.935. The molecule has 0 N–H and O–H groups in total. The zero-order chi connectivity index (χ0) is 25.9. The first-order chi connectivity index (χ1) is 17.2. The molecule has 0 bridgehead atoms. The Balaban J connectivity index is 1.35. The number of carbonyl (C=O) groups is 1. The topological polar surface area (TPSA) is 49.4 Å². The van der Waals surface area contributed by atoms with Crippen molar-refractivity contribution >= 4 is 17.5 Å². The Morgan fingerprint density at radius 3 is 2.64 bits per heavy atom. The Kier molecular flexibility index (Phi) is 9.76. The van der Waals surface area contributed by atoms with Crippen LogP contribution in [0.15, 0.2) is 11.6 Å². The molecule has 4 heteroatoms. The van der Waals surface area contributed by atoms with Crippen molar-refractivity contribution in [1.29, 1.82) is 0 Å². The van der Waals surface area contributed by atoms with Crippen molar-refractivity contribution < 1.29 is 14.1 Å². The van der Waals surface area contributed by atoms with Crippen LogP contribution in [0.2, 0.25) is 0 Å². The van der Waals surface area contributed by atoms with E-state index in [1.807, 2.05) is 0 Å². The molecule has 0 aromatic rings. The summed E-state index contributed by atoms with van der Waals surface area (Å²) in [5.74, 6) is 6.31. The summed E-state index contributed by atoms with van der Waals surface area (Å²) in [7, 11) is 0. The number of aldehydes is 1. The van der Waals surface area contributed by atoms with Crippen molar-refractivity contribution in [2.75, 3.05) is 18.1 Å². The normalized spacial score (nSPS) is 39.6. The van der Waals surface area contributed by atoms with Gasteiger partial charge in [0.15, 0.2) is 0 Å². The predicted octanol–water partition coefficient (Wildman–Crippen LogP) is 7.75. The molecule has 0 aliphatic heterocycles. The maximum Gasteiger partial charge on any atom is 0.128 e. The fourth-order valence-electron chi connectivity index (χ4n) is 9.38. The van der Waals surface area contributed by atoms with Gasteiger partial charge in [0.05, 0.1) is 12.7 Å². The minimum absolute atomic E-state index is 0.278. The highest BCUT2D eigenvalue weighted by Gasteiger charge is 2.59. The van der Waals surface area contributed by atoms with Crippen LogP contribution in [-0.4, -0.2) is 35.1 Å². The molecule has 0 amide bonds. The molecule has 4 aliphatic carbocycles. The number of hydrogen-bond acceptors (Lipinski definition) is 3. The maximum atomic E-state index is 12.0. The SMILES string of the molecule is CC(C)CCC[C@@H](C)[C@H]1CC[C@H]2[C@@H]3CC=C4C[C@@H](OCC[S+]([O-])CCC=O)CC[C@]4(C)[C@H]3CC[C@]12C. The highest BCUT2D eigenvalue weighted by atomic mass is 32.2. The van der Waals surface area contributed by atoms with Crippen LogP contribution < -0.4 is 0 Å². The Hall–Kier alpha value is -0.320. The maximum absolute atomic E-state index is 12.0. The number of hydrogen-bond donors (Lipinski definition) is 0. The molecule has 3 saturated carbocycles. The van der Waals surface area contributed by atoms with Gasteiger partial charge >= 0.3 is 0 Å². The summed E-state index contributed by atoms with van der Waals surface area (Å²) in [6, 6.07) is 0. The zero-order valence-electron chi connectivity index (χ0n) is 23.9. The van der Waals surface area contributed by atoms with Gasteiger partial charge in [-0.05, 0) is 97.7 Å². The molecule has 0 spiro atoms. The van der Waals surface area contributed by atoms with E-state index in [1.165, 1.54) is 57.8 Å². The monoisotopic (exact) mass is 518 g/mol. The van der Waals surface area contributed by atoms with E-state index in [0.29, 0.717) is 35.4 Å². The molecular weight excluding hydrogens is 464 g/mol. The van der Waals surface area contributed by atoms with Gasteiger partial charge in [-0.3, -0.25) is 0 Å². The molecule has 4 aliphatic rings. The third-order valence-electron chi connectivity index (χ3n) is 11.4. The molecule has 9 atom stereocenters. The molecule has 0 aromatic carbocycles. The first-order valence-corrected chi connectivity index (χ1v) is 16.8. The number of rotatable bonds is 12. The highest BCUT2D eigenvalue weighted by molar-refractivity contribution is 7.91. The summed E-state index contributed by atoms with van der Waals surface area (Å²) in [5, 5.41) is 0. The fraction of sp³-hybridized carbons (Fsp3) is 0.906. The summed E-state index contributed by atoms with van der Waals surface area (Å²) in [6.45, 7) is 13.1. The molecule has 3 nitrogen and oxygen atoms in total. The molecule has 0 heterocycles. The Bertz CT molecular complexity index is 764. The van der Waals surface area contributed by atoms with E-state index in [9.17, 15) is 9.35 Å². The lowest BCUT2D eigenvalue weighted by Gasteiger charge is -2.58. The molecular formula is C32H54O3S. The van der Waals surface area contributed by atoms with E-state index in [1.54, 1.807) is 5.57 Å². The number of carbonyl (C=O) groups excluding carboxylic acids is 1. The van der Waals surface area contributed by atoms with Crippen LogP contribution in [0.3, 0.4) is 0 Å². The van der Waals surface area contributed by atoms with Gasteiger partial charge in [-0.1, -0.05) is 76.7 Å². The molecule has 3 fully saturated rings. The molecule has 0 radical (unpaired) electrons. The third kappa shape index (κ3) is 5.96. The minimum Gasteiger partial charge on any atom is -0.616 e. The lowest BCUT2D eigenvalue weighted by molar-refractivity contribution is -0.107. The van der Waals surface area contributed by atoms with E-state index >= 15 is 0 Å². The van der Waals surface area contributed by atoms with Crippen molar-refractivity contribution in [3.05, 3.63) is 11.6 Å². The van der Waals surface area contributed by atoms with Crippen LogP contribution in [0, 0.1) is 46.3 Å². The molecule has 0 aromatic heterocycles. The van der Waals surface area contributed by atoms with Crippen molar-refractivity contribution in [3.63, 3.8) is 0 Å². The van der Waals surface area contributed by atoms with Gasteiger partial charge in [0.2, 0.25) is 0 Å². The van der Waals surface area contributed by atoms with Gasteiger partial charge in [-0.2, -0.15) is 0 Å². The highest BCUT2D eigenvalue weighted by Crippen LogP contribution is 2.67. The van der Waals surface area contributed by atoms with Crippen LogP contribution in [0.5, 0.6) is 0 Å². The Morgan fingerprint density at radius 1 is 1.08 bits per heavy atom. The van der Waals surface area contributed by atoms with Gasteiger partial charge in [-0.15, -0.1) is 0 Å². The lowest BCUT2D eigenvalue weighted by Crippen LogP contribution is -2.51. The van der Waals surface area contributed by atoms with E-state index in [-0.39, 0.29) is 6.10 Å². The van der Waals surface area contributed by atoms with Gasteiger partial charge in [0.1, 0.15) is 17.8 Å². The van der Waals surface area contributed by atoms with E-state index in [4.69, 9.17) is 4.74 Å². The standard InChI is InChI=1S/C32H54O3S/c1-23(2)8-6-9-24(3)28-12-13-29-27-11-10-25-22-26(35-19-21-36(34)20-7-18-33)14-16-31(25,4)30(27)15-17-32(28,29)5/h10,18,23-24,26-30H,6-9,11-17,19-22H2,1-5H3/t24-,26+,27+,28-,29+,30+,31+,32-,36?/m1/s1. The Labute approximate surface area is 225 Å². The van der Waals surface area contributed by atoms with Gasteiger partial charge in [0.25, 0.3) is 0 Å². The summed E-state index contributed by atoms with van der Waals surface area (Å²) < 4.78 is 18.2. The smallest absolute Gasteiger partial charge is 0.128 e. The largest absolute Gasteiger partial charge is 0.616 e. The summed E-state index contributed by atoms with van der Waals surface area (Å²) in [4.78, 5) is 10.5. The second-order valence-electron chi connectivity index (χ2n) is 13.8. The summed E-state index contributed by atoms with van der Waals surface area (Å²) in [5.41, 5.74) is 2.58. The van der Waals surface area contributed by atoms with Gasteiger partial charge in [-0.25, -0.2) is 0 Å². The van der Waals surface area contributed by atoms with Crippen LogP contribution in [0.25, 0.3) is 0 Å². The summed E-state index contributed by atoms with van der Waals surface area (Å²) in [6.07, 6.45) is 18.9. The summed E-state index contributed by atoms with van der Waals surface area (Å²) >= 11 is -0.935. The van der Waals surface area contributed by atoms with Crippen molar-refractivity contribution in [3.8, 4) is 0 Å². The quantitative estimate of drug-likeness (QED) is 0.151. The molecule has 36 heavy (non-hydrogen) atoms. The van der Waals surface area contributed by atoms with Gasteiger partial charge < -0.3 is 14.1 Å². The second-order valence-corrected chi connectivity index (χ2v) is 15.5.